The first-order chi connectivity index (χ1) is 5.31. The molecule has 0 aromatic heterocycles. The van der Waals surface area contributed by atoms with E-state index in [9.17, 15) is 0 Å². The van der Waals surface area contributed by atoms with Gasteiger partial charge in [-0.3, -0.25) is 0 Å². The third kappa shape index (κ3) is 8.07. The van der Waals surface area contributed by atoms with Gasteiger partial charge in [0.25, 0.3) is 0 Å². The van der Waals surface area contributed by atoms with E-state index in [0.29, 0.717) is 26.2 Å². The molecular formula is C7H14ClO3. The Hall–Kier alpha value is 0.170. The quantitative estimate of drug-likeness (QED) is 0.467. The summed E-state index contributed by atoms with van der Waals surface area (Å²) in [6, 6.07) is 0. The van der Waals surface area contributed by atoms with E-state index < -0.39 is 0 Å². The maximum Gasteiger partial charge on any atom is 0.131 e. The Morgan fingerprint density at radius 2 is 2.09 bits per heavy atom. The number of alkyl halides is 1. The van der Waals surface area contributed by atoms with Crippen molar-refractivity contribution >= 4 is 11.6 Å². The van der Waals surface area contributed by atoms with Crippen LogP contribution in [0.5, 0.6) is 0 Å². The van der Waals surface area contributed by atoms with Crippen molar-refractivity contribution in [3.63, 3.8) is 0 Å². The molecule has 0 aromatic carbocycles. The predicted octanol–water partition coefficient (Wildman–Crippen LogP) is 0.801. The molecule has 0 spiro atoms. The number of ether oxygens (including phenoxy) is 2. The summed E-state index contributed by atoms with van der Waals surface area (Å²) >= 11 is 5.59. The van der Waals surface area contributed by atoms with Gasteiger partial charge in [-0.05, 0) is 13.3 Å². The number of aliphatic hydroxyl groups excluding tert-OH is 1. The number of rotatable bonds is 7. The predicted molar refractivity (Wildman–Crippen MR) is 43.5 cm³/mol. The van der Waals surface area contributed by atoms with Crippen LogP contribution in [-0.2, 0) is 9.47 Å². The molecule has 0 aliphatic heterocycles. The largest absolute Gasteiger partial charge is 0.394 e. The van der Waals surface area contributed by atoms with Crippen LogP contribution in [0, 0.1) is 6.92 Å². The van der Waals surface area contributed by atoms with E-state index in [0.717, 1.165) is 0 Å². The molecule has 0 rings (SSSR count). The molecule has 0 heterocycles. The molecule has 0 saturated heterocycles. The lowest BCUT2D eigenvalue weighted by molar-refractivity contribution is 0.0235. The van der Waals surface area contributed by atoms with Crippen LogP contribution in [0.3, 0.4) is 0 Å². The minimum absolute atomic E-state index is 0.0413. The summed E-state index contributed by atoms with van der Waals surface area (Å²) in [4.78, 5) is 0. The van der Waals surface area contributed by atoms with E-state index in [4.69, 9.17) is 26.2 Å². The SMILES string of the molecule is [CH2]CC(Cl)OCCOCCO. The maximum absolute atomic E-state index is 8.32. The van der Waals surface area contributed by atoms with Crippen LogP contribution in [0.4, 0.5) is 0 Å². The molecule has 1 radical (unpaired) electrons. The minimum Gasteiger partial charge on any atom is -0.394 e. The Morgan fingerprint density at radius 1 is 1.36 bits per heavy atom. The molecular weight excluding hydrogens is 168 g/mol. The highest BCUT2D eigenvalue weighted by Crippen LogP contribution is 2.01. The van der Waals surface area contributed by atoms with Crippen molar-refractivity contribution in [2.45, 2.75) is 12.0 Å². The Labute approximate surface area is 72.3 Å². The minimum atomic E-state index is -0.326. The Kier molecular flexibility index (Phi) is 8.40. The van der Waals surface area contributed by atoms with Crippen LogP contribution < -0.4 is 0 Å². The van der Waals surface area contributed by atoms with Gasteiger partial charge in [-0.1, -0.05) is 11.6 Å². The van der Waals surface area contributed by atoms with Crippen molar-refractivity contribution in [3.8, 4) is 0 Å². The Balaban J connectivity index is 2.89. The fraction of sp³-hybridized carbons (Fsp3) is 0.857. The van der Waals surface area contributed by atoms with Gasteiger partial charge >= 0.3 is 0 Å². The first-order valence-electron chi connectivity index (χ1n) is 3.54. The van der Waals surface area contributed by atoms with Crippen LogP contribution in [0.15, 0.2) is 0 Å². The van der Waals surface area contributed by atoms with E-state index in [2.05, 4.69) is 6.92 Å². The molecule has 11 heavy (non-hydrogen) atoms. The van der Waals surface area contributed by atoms with Crippen molar-refractivity contribution in [2.24, 2.45) is 0 Å². The number of aliphatic hydroxyl groups is 1. The first-order valence-corrected chi connectivity index (χ1v) is 3.98. The van der Waals surface area contributed by atoms with Crippen LogP contribution in [-0.4, -0.2) is 37.1 Å². The molecule has 0 saturated carbocycles. The first kappa shape index (κ1) is 11.2. The van der Waals surface area contributed by atoms with Crippen molar-refractivity contribution < 1.29 is 14.6 Å². The summed E-state index contributed by atoms with van der Waals surface area (Å²) in [5.41, 5.74) is -0.326. The van der Waals surface area contributed by atoms with E-state index in [1.54, 1.807) is 0 Å². The van der Waals surface area contributed by atoms with Crippen molar-refractivity contribution in [1.82, 2.24) is 0 Å². The van der Waals surface area contributed by atoms with E-state index in [1.165, 1.54) is 0 Å². The third-order valence-corrected chi connectivity index (χ3v) is 1.33. The average Bonchev–Trinajstić information content (AvgIpc) is 2.04. The lowest BCUT2D eigenvalue weighted by Crippen LogP contribution is -2.11. The van der Waals surface area contributed by atoms with Gasteiger partial charge in [-0.25, -0.2) is 0 Å². The van der Waals surface area contributed by atoms with Gasteiger partial charge in [0, 0.05) is 0 Å². The lowest BCUT2D eigenvalue weighted by Gasteiger charge is -2.07. The molecule has 0 fully saturated rings. The van der Waals surface area contributed by atoms with E-state index in [-0.39, 0.29) is 12.2 Å². The van der Waals surface area contributed by atoms with Gasteiger partial charge in [0.1, 0.15) is 5.56 Å². The van der Waals surface area contributed by atoms with E-state index >= 15 is 0 Å². The Bertz CT molecular complexity index is 80.1. The molecule has 0 bridgehead atoms. The zero-order chi connectivity index (χ0) is 8.53. The zero-order valence-electron chi connectivity index (χ0n) is 6.46. The van der Waals surface area contributed by atoms with Crippen LogP contribution in [0.1, 0.15) is 6.42 Å². The molecule has 0 aliphatic carbocycles. The van der Waals surface area contributed by atoms with Crippen LogP contribution >= 0.6 is 11.6 Å². The van der Waals surface area contributed by atoms with Gasteiger partial charge in [-0.15, -0.1) is 0 Å². The fourth-order valence-electron chi connectivity index (χ4n) is 0.485. The monoisotopic (exact) mass is 181 g/mol. The third-order valence-electron chi connectivity index (χ3n) is 0.989. The average molecular weight is 182 g/mol. The highest BCUT2D eigenvalue weighted by Gasteiger charge is 1.98. The van der Waals surface area contributed by atoms with Crippen LogP contribution in [0.2, 0.25) is 0 Å². The summed E-state index contributed by atoms with van der Waals surface area (Å²) in [5.74, 6) is 0. The van der Waals surface area contributed by atoms with Crippen molar-refractivity contribution in [2.75, 3.05) is 26.4 Å². The molecule has 67 valence electrons. The highest BCUT2D eigenvalue weighted by molar-refractivity contribution is 6.19. The zero-order valence-corrected chi connectivity index (χ0v) is 7.22. The Morgan fingerprint density at radius 3 is 2.64 bits per heavy atom. The van der Waals surface area contributed by atoms with Gasteiger partial charge in [-0.2, -0.15) is 0 Å². The van der Waals surface area contributed by atoms with Gasteiger partial charge in [0.2, 0.25) is 0 Å². The topological polar surface area (TPSA) is 38.7 Å². The summed E-state index contributed by atoms with van der Waals surface area (Å²) < 4.78 is 9.96. The molecule has 1 unspecified atom stereocenters. The highest BCUT2D eigenvalue weighted by atomic mass is 35.5. The summed E-state index contributed by atoms with van der Waals surface area (Å²) in [5, 5.41) is 8.32. The second kappa shape index (κ2) is 8.27. The van der Waals surface area contributed by atoms with Crippen molar-refractivity contribution in [3.05, 3.63) is 6.92 Å². The van der Waals surface area contributed by atoms with Gasteiger partial charge in [0.05, 0.1) is 26.4 Å². The molecule has 1 N–H and O–H groups in total. The second-order valence-electron chi connectivity index (χ2n) is 1.91. The summed E-state index contributed by atoms with van der Waals surface area (Å²) in [6.45, 7) is 4.86. The normalized spacial score (nSPS) is 13.4. The van der Waals surface area contributed by atoms with Gasteiger partial charge < -0.3 is 14.6 Å². The number of halogens is 1. The molecule has 3 nitrogen and oxygen atoms in total. The van der Waals surface area contributed by atoms with Gasteiger partial charge in [0.15, 0.2) is 0 Å². The molecule has 4 heteroatoms. The fourth-order valence-corrected chi connectivity index (χ4v) is 0.574. The number of hydrogen-bond acceptors (Lipinski definition) is 3. The smallest absolute Gasteiger partial charge is 0.131 e. The van der Waals surface area contributed by atoms with Crippen LogP contribution in [0.25, 0.3) is 0 Å². The molecule has 0 aliphatic rings. The molecule has 1 atom stereocenters. The standard InChI is InChI=1S/C7H14ClO3/c1-2-7(8)11-6-5-10-4-3-9/h7,9H,1-6H2. The summed E-state index contributed by atoms with van der Waals surface area (Å²) in [6.07, 6.45) is 0.543. The lowest BCUT2D eigenvalue weighted by atomic mass is 10.5. The molecule has 0 amide bonds. The maximum atomic E-state index is 8.32. The number of hydrogen-bond donors (Lipinski definition) is 1. The molecule has 0 aromatic rings. The van der Waals surface area contributed by atoms with E-state index in [1.807, 2.05) is 0 Å². The van der Waals surface area contributed by atoms with Crippen molar-refractivity contribution in [1.29, 1.82) is 0 Å². The summed E-state index contributed by atoms with van der Waals surface area (Å²) in [7, 11) is 0. The second-order valence-corrected chi connectivity index (χ2v) is 2.39.